The van der Waals surface area contributed by atoms with E-state index in [9.17, 15) is 13.2 Å². The maximum Gasteiger partial charge on any atom is 0.272 e. The molecule has 0 aromatic carbocycles. The second kappa shape index (κ2) is 4.42. The van der Waals surface area contributed by atoms with E-state index in [-0.39, 0.29) is 16.5 Å². The fourth-order valence-electron chi connectivity index (χ4n) is 1.26. The standard InChI is InChI=1S/C8H12ClN3O3S/c1-4(2)5-7(16(9,14)15)6(12-11-5)8(13)10-3/h4H,1-3H3,(H,10,13)(H,11,12). The van der Waals surface area contributed by atoms with Crippen molar-refractivity contribution in [1.82, 2.24) is 15.5 Å². The number of aromatic nitrogens is 2. The van der Waals surface area contributed by atoms with Crippen LogP contribution in [0.5, 0.6) is 0 Å². The van der Waals surface area contributed by atoms with Crippen molar-refractivity contribution in [1.29, 1.82) is 0 Å². The van der Waals surface area contributed by atoms with Crippen LogP contribution >= 0.6 is 10.7 Å². The van der Waals surface area contributed by atoms with Crippen molar-refractivity contribution in [2.24, 2.45) is 0 Å². The van der Waals surface area contributed by atoms with E-state index in [0.717, 1.165) is 0 Å². The topological polar surface area (TPSA) is 91.9 Å². The zero-order chi connectivity index (χ0) is 12.5. The number of nitrogens with one attached hydrogen (secondary N) is 2. The van der Waals surface area contributed by atoms with Crippen LogP contribution in [0.2, 0.25) is 0 Å². The Hall–Kier alpha value is -1.08. The number of carbonyl (C=O) groups excluding carboxylic acids is 1. The number of H-pyrrole nitrogens is 1. The van der Waals surface area contributed by atoms with Gasteiger partial charge in [-0.1, -0.05) is 13.8 Å². The summed E-state index contributed by atoms with van der Waals surface area (Å²) in [5.41, 5.74) is 0.120. The molecular formula is C8H12ClN3O3S. The third-order valence-corrected chi connectivity index (χ3v) is 3.37. The van der Waals surface area contributed by atoms with E-state index in [1.54, 1.807) is 13.8 Å². The molecule has 1 rings (SSSR count). The van der Waals surface area contributed by atoms with E-state index in [1.807, 2.05) is 0 Å². The Balaban J connectivity index is 3.49. The summed E-state index contributed by atoms with van der Waals surface area (Å²) >= 11 is 0. The molecule has 0 unspecified atom stereocenters. The highest BCUT2D eigenvalue weighted by atomic mass is 35.7. The molecule has 0 bridgehead atoms. The first kappa shape index (κ1) is 13.0. The Morgan fingerprint density at radius 2 is 2.06 bits per heavy atom. The van der Waals surface area contributed by atoms with Gasteiger partial charge in [-0.05, 0) is 5.92 Å². The fourth-order valence-corrected chi connectivity index (χ4v) is 2.64. The molecule has 0 saturated heterocycles. The quantitative estimate of drug-likeness (QED) is 0.792. The van der Waals surface area contributed by atoms with Crippen molar-refractivity contribution in [2.45, 2.75) is 24.7 Å². The Labute approximate surface area is 97.8 Å². The third kappa shape index (κ3) is 2.35. The normalized spacial score (nSPS) is 11.8. The first-order chi connectivity index (χ1) is 7.29. The number of aromatic amines is 1. The number of carbonyl (C=O) groups is 1. The average Bonchev–Trinajstić information content (AvgIpc) is 2.59. The highest BCUT2D eigenvalue weighted by Crippen LogP contribution is 2.27. The molecule has 6 nitrogen and oxygen atoms in total. The molecule has 0 atom stereocenters. The SMILES string of the molecule is CNC(=O)c1n[nH]c(C(C)C)c1S(=O)(=O)Cl. The van der Waals surface area contributed by atoms with Gasteiger partial charge < -0.3 is 5.32 Å². The number of nitrogens with zero attached hydrogens (tertiary/aromatic N) is 1. The molecule has 16 heavy (non-hydrogen) atoms. The molecule has 0 aliphatic rings. The third-order valence-electron chi connectivity index (χ3n) is 2.01. The molecule has 0 aliphatic carbocycles. The Morgan fingerprint density at radius 1 is 1.50 bits per heavy atom. The van der Waals surface area contributed by atoms with Crippen LogP contribution in [0.1, 0.15) is 35.9 Å². The lowest BCUT2D eigenvalue weighted by atomic mass is 10.1. The second-order valence-corrected chi connectivity index (χ2v) is 5.99. The minimum absolute atomic E-state index is 0.130. The van der Waals surface area contributed by atoms with Gasteiger partial charge >= 0.3 is 0 Å². The van der Waals surface area contributed by atoms with Crippen molar-refractivity contribution >= 4 is 25.6 Å². The molecule has 0 fully saturated rings. The van der Waals surface area contributed by atoms with Gasteiger partial charge in [-0.25, -0.2) is 8.42 Å². The van der Waals surface area contributed by atoms with Gasteiger partial charge in [0.15, 0.2) is 5.69 Å². The number of rotatable bonds is 3. The van der Waals surface area contributed by atoms with Crippen LogP contribution in [0.4, 0.5) is 0 Å². The largest absolute Gasteiger partial charge is 0.354 e. The predicted molar refractivity (Wildman–Crippen MR) is 59.1 cm³/mol. The molecule has 2 N–H and O–H groups in total. The van der Waals surface area contributed by atoms with Crippen molar-refractivity contribution < 1.29 is 13.2 Å². The smallest absolute Gasteiger partial charge is 0.272 e. The molecule has 8 heteroatoms. The molecule has 1 aromatic rings. The summed E-state index contributed by atoms with van der Waals surface area (Å²) in [5, 5.41) is 8.50. The van der Waals surface area contributed by atoms with E-state index >= 15 is 0 Å². The lowest BCUT2D eigenvalue weighted by Crippen LogP contribution is -2.20. The van der Waals surface area contributed by atoms with Crippen LogP contribution in [0, 0.1) is 0 Å². The summed E-state index contributed by atoms with van der Waals surface area (Å²) < 4.78 is 22.8. The summed E-state index contributed by atoms with van der Waals surface area (Å²) in [6.45, 7) is 3.54. The lowest BCUT2D eigenvalue weighted by Gasteiger charge is -2.04. The average molecular weight is 266 g/mol. The highest BCUT2D eigenvalue weighted by molar-refractivity contribution is 8.13. The van der Waals surface area contributed by atoms with Crippen molar-refractivity contribution in [3.8, 4) is 0 Å². The number of amides is 1. The van der Waals surface area contributed by atoms with Crippen LogP contribution in [0.15, 0.2) is 4.90 Å². The Morgan fingerprint density at radius 3 is 2.44 bits per heavy atom. The van der Waals surface area contributed by atoms with Crippen LogP contribution in [-0.4, -0.2) is 31.6 Å². The van der Waals surface area contributed by atoms with E-state index in [1.165, 1.54) is 7.05 Å². The minimum Gasteiger partial charge on any atom is -0.354 e. The van der Waals surface area contributed by atoms with Crippen LogP contribution in [0.3, 0.4) is 0 Å². The first-order valence-corrected chi connectivity index (χ1v) is 6.85. The molecule has 0 saturated carbocycles. The predicted octanol–water partition coefficient (Wildman–Crippen LogP) is 0.820. The summed E-state index contributed by atoms with van der Waals surface area (Å²) in [7, 11) is 2.67. The monoisotopic (exact) mass is 265 g/mol. The fraction of sp³-hybridized carbons (Fsp3) is 0.500. The molecule has 0 aliphatic heterocycles. The molecule has 1 heterocycles. The summed E-state index contributed by atoms with van der Waals surface area (Å²) in [6, 6.07) is 0. The number of hydrogen-bond donors (Lipinski definition) is 2. The van der Waals surface area contributed by atoms with Gasteiger partial charge in [0.05, 0.1) is 5.69 Å². The molecule has 1 aromatic heterocycles. The van der Waals surface area contributed by atoms with E-state index in [2.05, 4.69) is 15.5 Å². The molecule has 1 amide bonds. The zero-order valence-corrected chi connectivity index (χ0v) is 10.6. The summed E-state index contributed by atoms with van der Waals surface area (Å²) in [4.78, 5) is 11.2. The molecule has 90 valence electrons. The van der Waals surface area contributed by atoms with E-state index in [4.69, 9.17) is 10.7 Å². The molecular weight excluding hydrogens is 254 g/mol. The summed E-state index contributed by atoms with van der Waals surface area (Å²) in [6.07, 6.45) is 0. The second-order valence-electron chi connectivity index (χ2n) is 3.49. The Kier molecular flexibility index (Phi) is 3.59. The van der Waals surface area contributed by atoms with Gasteiger partial charge in [-0.15, -0.1) is 0 Å². The van der Waals surface area contributed by atoms with Gasteiger partial charge in [0.1, 0.15) is 4.90 Å². The van der Waals surface area contributed by atoms with Crippen LogP contribution in [0.25, 0.3) is 0 Å². The van der Waals surface area contributed by atoms with Crippen LogP contribution in [-0.2, 0) is 9.05 Å². The Bertz CT molecular complexity index is 507. The van der Waals surface area contributed by atoms with Crippen molar-refractivity contribution in [2.75, 3.05) is 7.05 Å². The van der Waals surface area contributed by atoms with E-state index < -0.39 is 15.0 Å². The van der Waals surface area contributed by atoms with Crippen molar-refractivity contribution in [3.63, 3.8) is 0 Å². The number of hydrogen-bond acceptors (Lipinski definition) is 4. The van der Waals surface area contributed by atoms with E-state index in [0.29, 0.717) is 5.69 Å². The minimum atomic E-state index is -4.00. The van der Waals surface area contributed by atoms with Crippen molar-refractivity contribution in [3.05, 3.63) is 11.4 Å². The molecule has 0 radical (unpaired) electrons. The lowest BCUT2D eigenvalue weighted by molar-refractivity contribution is 0.0955. The summed E-state index contributed by atoms with van der Waals surface area (Å²) in [5.74, 6) is -0.725. The van der Waals surface area contributed by atoms with Gasteiger partial charge in [0.25, 0.3) is 15.0 Å². The van der Waals surface area contributed by atoms with Gasteiger partial charge in [-0.2, -0.15) is 5.10 Å². The molecule has 0 spiro atoms. The maximum atomic E-state index is 11.4. The van der Waals surface area contributed by atoms with Gasteiger partial charge in [0, 0.05) is 17.7 Å². The van der Waals surface area contributed by atoms with Crippen LogP contribution < -0.4 is 5.32 Å². The van der Waals surface area contributed by atoms with Gasteiger partial charge in [-0.3, -0.25) is 9.89 Å². The van der Waals surface area contributed by atoms with Gasteiger partial charge in [0.2, 0.25) is 0 Å². The maximum absolute atomic E-state index is 11.4. The zero-order valence-electron chi connectivity index (χ0n) is 9.04. The number of halogens is 1. The first-order valence-electron chi connectivity index (χ1n) is 4.54. The highest BCUT2D eigenvalue weighted by Gasteiger charge is 2.29.